The number of aliphatic hydroxyl groups is 1. The monoisotopic (exact) mass is 352 g/mol. The molecule has 1 aliphatic heterocycles. The molecule has 3 heteroatoms. The van der Waals surface area contributed by atoms with E-state index in [4.69, 9.17) is 0 Å². The Kier molecular flexibility index (Phi) is 15.2. The lowest BCUT2D eigenvalue weighted by atomic mass is 10.0. The quantitative estimate of drug-likeness (QED) is 0.294. The molecule has 1 atom stereocenters. The highest BCUT2D eigenvalue weighted by Crippen LogP contribution is 2.15. The second kappa shape index (κ2) is 16.9. The van der Waals surface area contributed by atoms with E-state index in [1.54, 1.807) is 6.34 Å². The number of unbranched alkanes of at least 4 members (excludes halogenated alkanes) is 15. The Morgan fingerprint density at radius 3 is 1.60 bits per heavy atom. The summed E-state index contributed by atoms with van der Waals surface area (Å²) in [6.45, 7) is 4.02. The van der Waals surface area contributed by atoms with Crippen LogP contribution in [-0.4, -0.2) is 35.7 Å². The van der Waals surface area contributed by atoms with Crippen molar-refractivity contribution >= 4 is 6.34 Å². The maximum absolute atomic E-state index is 10.00. The third-order valence-corrected chi connectivity index (χ3v) is 5.42. The van der Waals surface area contributed by atoms with Crippen LogP contribution in [0.25, 0.3) is 0 Å². The predicted molar refractivity (Wildman–Crippen MR) is 110 cm³/mol. The molecule has 0 amide bonds. The molecule has 0 aromatic heterocycles. The van der Waals surface area contributed by atoms with Crippen molar-refractivity contribution in [2.75, 3.05) is 13.1 Å². The molecule has 0 saturated heterocycles. The van der Waals surface area contributed by atoms with Crippen molar-refractivity contribution in [1.82, 2.24) is 4.90 Å². The van der Waals surface area contributed by atoms with Gasteiger partial charge in [0.25, 0.3) is 0 Å². The van der Waals surface area contributed by atoms with E-state index in [2.05, 4.69) is 11.9 Å². The maximum atomic E-state index is 10.00. The molecule has 3 nitrogen and oxygen atoms in total. The number of rotatable bonds is 18. The van der Waals surface area contributed by atoms with Gasteiger partial charge in [0.1, 0.15) is 6.23 Å². The summed E-state index contributed by atoms with van der Waals surface area (Å²) in [6.07, 6.45) is 24.7. The highest BCUT2D eigenvalue weighted by atomic mass is 16.3. The van der Waals surface area contributed by atoms with Gasteiger partial charge in [-0.1, -0.05) is 103 Å². The van der Waals surface area contributed by atoms with Crippen molar-refractivity contribution in [2.45, 2.75) is 122 Å². The Labute approximate surface area is 157 Å². The van der Waals surface area contributed by atoms with Crippen LogP contribution in [0.2, 0.25) is 0 Å². The van der Waals surface area contributed by atoms with E-state index in [0.717, 1.165) is 25.9 Å². The smallest absolute Gasteiger partial charge is 0.127 e. The summed E-state index contributed by atoms with van der Waals surface area (Å²) in [7, 11) is 0. The van der Waals surface area contributed by atoms with Gasteiger partial charge in [0.15, 0.2) is 0 Å². The second-order valence-corrected chi connectivity index (χ2v) is 7.83. The van der Waals surface area contributed by atoms with Gasteiger partial charge in [0.05, 0.1) is 12.9 Å². The van der Waals surface area contributed by atoms with Gasteiger partial charge >= 0.3 is 0 Å². The van der Waals surface area contributed by atoms with Gasteiger partial charge in [-0.25, -0.2) is 0 Å². The molecule has 1 aliphatic rings. The van der Waals surface area contributed by atoms with E-state index in [-0.39, 0.29) is 6.23 Å². The van der Waals surface area contributed by atoms with Crippen LogP contribution in [0.5, 0.6) is 0 Å². The summed E-state index contributed by atoms with van der Waals surface area (Å²) >= 11 is 0. The van der Waals surface area contributed by atoms with Crippen LogP contribution >= 0.6 is 0 Å². The molecule has 0 radical (unpaired) electrons. The van der Waals surface area contributed by atoms with Gasteiger partial charge in [-0.3, -0.25) is 4.99 Å². The first-order chi connectivity index (χ1) is 12.3. The molecule has 1 unspecified atom stereocenters. The van der Waals surface area contributed by atoms with E-state index < -0.39 is 0 Å². The Morgan fingerprint density at radius 2 is 1.20 bits per heavy atom. The third-order valence-electron chi connectivity index (χ3n) is 5.42. The summed E-state index contributed by atoms with van der Waals surface area (Å²) < 4.78 is 0. The van der Waals surface area contributed by atoms with Crippen molar-refractivity contribution in [2.24, 2.45) is 4.99 Å². The first-order valence-electron chi connectivity index (χ1n) is 11.3. The van der Waals surface area contributed by atoms with E-state index in [0.29, 0.717) is 0 Å². The standard InChI is InChI=1S/C22H44N2O/c1-2-3-4-5-6-7-8-9-10-11-12-13-14-15-16-17-18-22(25)24-20-19-23-21-24/h21-22,25H,2-20H2,1H3. The van der Waals surface area contributed by atoms with Crippen LogP contribution in [0, 0.1) is 0 Å². The van der Waals surface area contributed by atoms with Crippen LogP contribution in [0.15, 0.2) is 4.99 Å². The van der Waals surface area contributed by atoms with Gasteiger partial charge in [0, 0.05) is 6.54 Å². The minimum Gasteiger partial charge on any atom is -0.374 e. The minimum absolute atomic E-state index is 0.308. The fraction of sp³-hybridized carbons (Fsp3) is 0.955. The van der Waals surface area contributed by atoms with Gasteiger partial charge in [0.2, 0.25) is 0 Å². The zero-order chi connectivity index (χ0) is 18.0. The largest absolute Gasteiger partial charge is 0.374 e. The van der Waals surface area contributed by atoms with Gasteiger partial charge in [-0.15, -0.1) is 0 Å². The van der Waals surface area contributed by atoms with Crippen molar-refractivity contribution in [1.29, 1.82) is 0 Å². The normalized spacial score (nSPS) is 15.2. The lowest BCUT2D eigenvalue weighted by Crippen LogP contribution is -2.32. The predicted octanol–water partition coefficient (Wildman–Crippen LogP) is 6.30. The molecule has 0 aliphatic carbocycles. The fourth-order valence-electron chi connectivity index (χ4n) is 3.66. The molecular weight excluding hydrogens is 308 g/mol. The lowest BCUT2D eigenvalue weighted by molar-refractivity contribution is 0.0533. The average molecular weight is 353 g/mol. The van der Waals surface area contributed by atoms with Crippen LogP contribution in [0.1, 0.15) is 116 Å². The SMILES string of the molecule is CCCCCCCCCCCCCCCCCCC(O)N1C=NCC1. The molecule has 1 heterocycles. The topological polar surface area (TPSA) is 35.8 Å². The molecule has 0 fully saturated rings. The first-order valence-corrected chi connectivity index (χ1v) is 11.3. The van der Waals surface area contributed by atoms with Crippen molar-refractivity contribution < 1.29 is 5.11 Å². The average Bonchev–Trinajstić information content (AvgIpc) is 3.16. The Hall–Kier alpha value is -0.570. The molecule has 1 rings (SSSR count). The Bertz CT molecular complexity index is 306. The number of aliphatic hydroxyl groups excluding tert-OH is 1. The Balaban J connectivity index is 1.70. The van der Waals surface area contributed by atoms with Crippen molar-refractivity contribution in [3.63, 3.8) is 0 Å². The van der Waals surface area contributed by atoms with Crippen molar-refractivity contribution in [3.8, 4) is 0 Å². The summed E-state index contributed by atoms with van der Waals surface area (Å²) in [5.41, 5.74) is 0. The zero-order valence-electron chi connectivity index (χ0n) is 16.9. The Morgan fingerprint density at radius 1 is 0.760 bits per heavy atom. The number of hydrogen-bond acceptors (Lipinski definition) is 3. The molecule has 148 valence electrons. The zero-order valence-corrected chi connectivity index (χ0v) is 16.9. The molecule has 0 bridgehead atoms. The number of hydrogen-bond donors (Lipinski definition) is 1. The highest BCUT2D eigenvalue weighted by molar-refractivity contribution is 5.57. The summed E-state index contributed by atoms with van der Waals surface area (Å²) in [5.74, 6) is 0. The molecule has 1 N–H and O–H groups in total. The lowest BCUT2D eigenvalue weighted by Gasteiger charge is -2.21. The minimum atomic E-state index is -0.308. The summed E-state index contributed by atoms with van der Waals surface area (Å²) in [6, 6.07) is 0. The van der Waals surface area contributed by atoms with Crippen LogP contribution in [0.4, 0.5) is 0 Å². The molecular formula is C22H44N2O. The highest BCUT2D eigenvalue weighted by Gasteiger charge is 2.14. The number of nitrogens with zero attached hydrogens (tertiary/aromatic N) is 2. The van der Waals surface area contributed by atoms with E-state index >= 15 is 0 Å². The summed E-state index contributed by atoms with van der Waals surface area (Å²) in [4.78, 5) is 6.11. The molecule has 0 aromatic rings. The van der Waals surface area contributed by atoms with E-state index in [1.807, 2.05) is 4.90 Å². The van der Waals surface area contributed by atoms with Gasteiger partial charge < -0.3 is 10.0 Å². The second-order valence-electron chi connectivity index (χ2n) is 7.83. The van der Waals surface area contributed by atoms with Crippen LogP contribution < -0.4 is 0 Å². The third kappa shape index (κ3) is 13.3. The first kappa shape index (κ1) is 22.5. The van der Waals surface area contributed by atoms with Gasteiger partial charge in [-0.05, 0) is 12.8 Å². The molecule has 0 spiro atoms. The van der Waals surface area contributed by atoms with Gasteiger partial charge in [-0.2, -0.15) is 0 Å². The fourth-order valence-corrected chi connectivity index (χ4v) is 3.66. The molecule has 25 heavy (non-hydrogen) atoms. The van der Waals surface area contributed by atoms with E-state index in [9.17, 15) is 5.11 Å². The van der Waals surface area contributed by atoms with Crippen LogP contribution in [-0.2, 0) is 0 Å². The molecule has 0 saturated carbocycles. The van der Waals surface area contributed by atoms with E-state index in [1.165, 1.54) is 96.3 Å². The number of aliphatic imine (C=N–C) groups is 1. The summed E-state index contributed by atoms with van der Waals surface area (Å²) in [5, 5.41) is 10.00. The van der Waals surface area contributed by atoms with Crippen LogP contribution in [0.3, 0.4) is 0 Å². The van der Waals surface area contributed by atoms with Crippen molar-refractivity contribution in [3.05, 3.63) is 0 Å². The molecule has 0 aromatic carbocycles. The maximum Gasteiger partial charge on any atom is 0.127 e.